The summed E-state index contributed by atoms with van der Waals surface area (Å²) in [4.78, 5) is 15.7. The van der Waals surface area contributed by atoms with Gasteiger partial charge in [0.1, 0.15) is 5.75 Å². The molecule has 0 atom stereocenters. The molecule has 0 aliphatic rings. The normalized spacial score (nSPS) is 10.2. The number of Topliss-reactive ketones (excluding diaryl/α,β-unsaturated/α-hetero) is 1. The lowest BCUT2D eigenvalue weighted by molar-refractivity contribution is 0.101. The molecule has 3 aromatic rings. The van der Waals surface area contributed by atoms with Crippen LogP contribution in [0.15, 0.2) is 54.7 Å². The summed E-state index contributed by atoms with van der Waals surface area (Å²) in [5, 5.41) is 14.2. The molecule has 0 fully saturated rings. The number of hydrogen-bond donors (Lipinski definition) is 2. The first-order valence-corrected chi connectivity index (χ1v) is 8.08. The summed E-state index contributed by atoms with van der Waals surface area (Å²) in [6, 6.07) is 14.9. The van der Waals surface area contributed by atoms with E-state index >= 15 is 0 Å². The SMILES string of the molecule is COc1ccc(CNc2cnnc(Nc3ccc(C(C)=O)cc3)n2)cc1. The number of rotatable bonds is 7. The molecule has 2 aromatic carbocycles. The predicted octanol–water partition coefficient (Wildman–Crippen LogP) is 3.44. The Bertz CT molecular complexity index is 879. The maximum Gasteiger partial charge on any atom is 0.249 e. The first kappa shape index (κ1) is 17.3. The molecule has 0 radical (unpaired) electrons. The van der Waals surface area contributed by atoms with Gasteiger partial charge < -0.3 is 15.4 Å². The van der Waals surface area contributed by atoms with Crippen molar-refractivity contribution in [3.05, 3.63) is 65.9 Å². The summed E-state index contributed by atoms with van der Waals surface area (Å²) in [6.45, 7) is 2.14. The topological polar surface area (TPSA) is 89.0 Å². The summed E-state index contributed by atoms with van der Waals surface area (Å²) in [5.74, 6) is 1.83. The molecule has 0 saturated heterocycles. The molecule has 0 aliphatic carbocycles. The van der Waals surface area contributed by atoms with Crippen LogP contribution in [0.5, 0.6) is 5.75 Å². The van der Waals surface area contributed by atoms with Gasteiger partial charge in [0.25, 0.3) is 0 Å². The maximum absolute atomic E-state index is 11.3. The van der Waals surface area contributed by atoms with E-state index in [4.69, 9.17) is 4.74 Å². The second-order valence-electron chi connectivity index (χ2n) is 5.63. The highest BCUT2D eigenvalue weighted by Gasteiger charge is 2.03. The van der Waals surface area contributed by atoms with Gasteiger partial charge in [0.15, 0.2) is 11.6 Å². The zero-order valence-electron chi connectivity index (χ0n) is 14.6. The lowest BCUT2D eigenvalue weighted by Crippen LogP contribution is -2.05. The molecule has 7 heteroatoms. The average molecular weight is 349 g/mol. The van der Waals surface area contributed by atoms with Crippen molar-refractivity contribution < 1.29 is 9.53 Å². The second-order valence-corrected chi connectivity index (χ2v) is 5.63. The highest BCUT2D eigenvalue weighted by Crippen LogP contribution is 2.16. The van der Waals surface area contributed by atoms with Gasteiger partial charge in [0, 0.05) is 17.8 Å². The lowest BCUT2D eigenvalue weighted by atomic mass is 10.1. The molecule has 132 valence electrons. The van der Waals surface area contributed by atoms with Gasteiger partial charge in [-0.25, -0.2) is 0 Å². The number of methoxy groups -OCH3 is 1. The van der Waals surface area contributed by atoms with Crippen LogP contribution in [-0.4, -0.2) is 28.1 Å². The number of nitrogens with zero attached hydrogens (tertiary/aromatic N) is 3. The van der Waals surface area contributed by atoms with E-state index in [-0.39, 0.29) is 5.78 Å². The molecule has 3 rings (SSSR count). The lowest BCUT2D eigenvalue weighted by Gasteiger charge is -2.08. The second kappa shape index (κ2) is 8.06. The van der Waals surface area contributed by atoms with E-state index in [0.717, 1.165) is 17.0 Å². The Morgan fingerprint density at radius 3 is 2.46 bits per heavy atom. The number of hydrogen-bond acceptors (Lipinski definition) is 7. The number of carbonyl (C=O) groups excluding carboxylic acids is 1. The molecular weight excluding hydrogens is 330 g/mol. The van der Waals surface area contributed by atoms with Gasteiger partial charge in [-0.2, -0.15) is 10.1 Å². The van der Waals surface area contributed by atoms with Gasteiger partial charge in [0.2, 0.25) is 5.95 Å². The van der Waals surface area contributed by atoms with Crippen molar-refractivity contribution in [2.24, 2.45) is 0 Å². The van der Waals surface area contributed by atoms with E-state index in [2.05, 4.69) is 25.8 Å². The van der Waals surface area contributed by atoms with Crippen LogP contribution in [0.25, 0.3) is 0 Å². The van der Waals surface area contributed by atoms with E-state index < -0.39 is 0 Å². The van der Waals surface area contributed by atoms with Crippen LogP contribution in [-0.2, 0) is 6.54 Å². The minimum atomic E-state index is 0.0270. The number of aromatic nitrogens is 3. The smallest absolute Gasteiger partial charge is 0.249 e. The van der Waals surface area contributed by atoms with E-state index in [1.165, 1.54) is 6.92 Å². The minimum absolute atomic E-state index is 0.0270. The van der Waals surface area contributed by atoms with Crippen molar-refractivity contribution in [3.8, 4) is 5.75 Å². The Morgan fingerprint density at radius 2 is 1.81 bits per heavy atom. The third kappa shape index (κ3) is 4.54. The van der Waals surface area contributed by atoms with Crippen LogP contribution < -0.4 is 15.4 Å². The van der Waals surface area contributed by atoms with Crippen LogP contribution in [0, 0.1) is 0 Å². The van der Waals surface area contributed by atoms with Crippen molar-refractivity contribution in [1.29, 1.82) is 0 Å². The molecule has 0 spiro atoms. The largest absolute Gasteiger partial charge is 0.497 e. The highest BCUT2D eigenvalue weighted by molar-refractivity contribution is 5.94. The Kier molecular flexibility index (Phi) is 5.38. The zero-order valence-corrected chi connectivity index (χ0v) is 14.6. The number of ketones is 1. The van der Waals surface area contributed by atoms with E-state index in [9.17, 15) is 4.79 Å². The third-order valence-electron chi connectivity index (χ3n) is 3.74. The fraction of sp³-hybridized carbons (Fsp3) is 0.158. The predicted molar refractivity (Wildman–Crippen MR) is 99.9 cm³/mol. The van der Waals surface area contributed by atoms with Crippen molar-refractivity contribution in [2.75, 3.05) is 17.7 Å². The molecular formula is C19H19N5O2. The number of carbonyl (C=O) groups is 1. The fourth-order valence-electron chi connectivity index (χ4n) is 2.30. The van der Waals surface area contributed by atoms with Crippen molar-refractivity contribution in [1.82, 2.24) is 15.2 Å². The first-order chi connectivity index (χ1) is 12.6. The maximum atomic E-state index is 11.3. The van der Waals surface area contributed by atoms with E-state index in [1.54, 1.807) is 37.6 Å². The molecule has 0 saturated carbocycles. The number of ether oxygens (including phenoxy) is 1. The minimum Gasteiger partial charge on any atom is -0.497 e. The molecule has 1 heterocycles. The zero-order chi connectivity index (χ0) is 18.4. The van der Waals surface area contributed by atoms with Gasteiger partial charge >= 0.3 is 0 Å². The van der Waals surface area contributed by atoms with Gasteiger partial charge in [-0.15, -0.1) is 5.10 Å². The monoisotopic (exact) mass is 349 g/mol. The number of anilines is 3. The van der Waals surface area contributed by atoms with Crippen LogP contribution in [0.4, 0.5) is 17.5 Å². The van der Waals surface area contributed by atoms with Crippen molar-refractivity contribution >= 4 is 23.2 Å². The van der Waals surface area contributed by atoms with Crippen molar-refractivity contribution in [3.63, 3.8) is 0 Å². The average Bonchev–Trinajstić information content (AvgIpc) is 2.67. The van der Waals surface area contributed by atoms with Crippen LogP contribution >= 0.6 is 0 Å². The summed E-state index contributed by atoms with van der Waals surface area (Å²) < 4.78 is 5.15. The highest BCUT2D eigenvalue weighted by atomic mass is 16.5. The van der Waals surface area contributed by atoms with E-state index in [1.807, 2.05) is 24.3 Å². The van der Waals surface area contributed by atoms with Crippen LogP contribution in [0.3, 0.4) is 0 Å². The summed E-state index contributed by atoms with van der Waals surface area (Å²) in [7, 11) is 1.64. The molecule has 7 nitrogen and oxygen atoms in total. The molecule has 0 aliphatic heterocycles. The molecule has 2 N–H and O–H groups in total. The van der Waals surface area contributed by atoms with E-state index in [0.29, 0.717) is 23.9 Å². The summed E-state index contributed by atoms with van der Waals surface area (Å²) in [6.07, 6.45) is 1.56. The summed E-state index contributed by atoms with van der Waals surface area (Å²) >= 11 is 0. The Labute approximate surface area is 151 Å². The standard InChI is InChI=1S/C19H19N5O2/c1-13(25)15-5-7-16(8-6-15)22-19-23-18(12-21-24-19)20-11-14-3-9-17(26-2)10-4-14/h3-10,12H,11H2,1-2H3,(H2,20,22,23,24). The Hall–Kier alpha value is -3.48. The van der Waals surface area contributed by atoms with Gasteiger partial charge in [-0.05, 0) is 48.9 Å². The third-order valence-corrected chi connectivity index (χ3v) is 3.74. The Balaban J connectivity index is 1.62. The molecule has 0 unspecified atom stereocenters. The number of benzene rings is 2. The van der Waals surface area contributed by atoms with Crippen LogP contribution in [0.2, 0.25) is 0 Å². The first-order valence-electron chi connectivity index (χ1n) is 8.08. The number of nitrogens with one attached hydrogen (secondary N) is 2. The quantitative estimate of drug-likeness (QED) is 0.632. The van der Waals surface area contributed by atoms with Gasteiger partial charge in [0.05, 0.1) is 13.3 Å². The van der Waals surface area contributed by atoms with Crippen molar-refractivity contribution in [2.45, 2.75) is 13.5 Å². The van der Waals surface area contributed by atoms with Crippen LogP contribution in [0.1, 0.15) is 22.8 Å². The fourth-order valence-corrected chi connectivity index (χ4v) is 2.30. The molecule has 26 heavy (non-hydrogen) atoms. The van der Waals surface area contributed by atoms with Gasteiger partial charge in [-0.3, -0.25) is 4.79 Å². The Morgan fingerprint density at radius 1 is 1.08 bits per heavy atom. The molecule has 0 amide bonds. The molecule has 0 bridgehead atoms. The molecule has 1 aromatic heterocycles. The summed E-state index contributed by atoms with van der Waals surface area (Å²) in [5.41, 5.74) is 2.53. The van der Waals surface area contributed by atoms with Gasteiger partial charge in [-0.1, -0.05) is 12.1 Å².